The van der Waals surface area contributed by atoms with Crippen LogP contribution >= 0.6 is 39.0 Å². The third-order valence-electron chi connectivity index (χ3n) is 2.72. The monoisotopic (exact) mass is 441 g/mol. The molecule has 1 N–H and O–H groups in total. The normalized spacial score (nSPS) is 10.6. The molecular formula is C13H8BrN5O4S2. The Kier molecular flexibility index (Phi) is 5.40. The molecule has 0 atom stereocenters. The first-order valence-electron chi connectivity index (χ1n) is 6.63. The number of nitrogens with zero attached hydrogens (tertiary/aromatic N) is 4. The second-order valence-electron chi connectivity index (χ2n) is 4.48. The summed E-state index contributed by atoms with van der Waals surface area (Å²) in [6, 6.07) is 7.39. The third-order valence-corrected chi connectivity index (χ3v) is 4.90. The molecule has 12 heteroatoms. The van der Waals surface area contributed by atoms with Gasteiger partial charge < -0.3 is 9.73 Å². The second-order valence-corrected chi connectivity index (χ2v) is 7.33. The molecular weight excluding hydrogens is 434 g/mol. The predicted molar refractivity (Wildman–Crippen MR) is 95.6 cm³/mol. The summed E-state index contributed by atoms with van der Waals surface area (Å²) in [4.78, 5) is 25.6. The van der Waals surface area contributed by atoms with Crippen molar-refractivity contribution in [2.75, 3.05) is 11.1 Å². The molecule has 0 aliphatic rings. The molecule has 9 nitrogen and oxygen atoms in total. The van der Waals surface area contributed by atoms with Crippen LogP contribution in [0.25, 0.3) is 11.5 Å². The lowest BCUT2D eigenvalue weighted by Gasteiger charge is -1.98. The molecule has 1 aromatic carbocycles. The van der Waals surface area contributed by atoms with Crippen LogP contribution in [0.5, 0.6) is 0 Å². The molecule has 2 aromatic heterocycles. The van der Waals surface area contributed by atoms with Crippen LogP contribution in [0.4, 0.5) is 10.1 Å². The number of halogens is 1. The van der Waals surface area contributed by atoms with E-state index in [1.807, 2.05) is 24.3 Å². The Balaban J connectivity index is 1.56. The van der Waals surface area contributed by atoms with Gasteiger partial charge in [-0.05, 0) is 29.5 Å². The van der Waals surface area contributed by atoms with Gasteiger partial charge in [-0.3, -0.25) is 14.9 Å². The lowest BCUT2D eigenvalue weighted by atomic mass is 10.2. The van der Waals surface area contributed by atoms with E-state index in [1.54, 1.807) is 0 Å². The zero-order chi connectivity index (χ0) is 17.8. The van der Waals surface area contributed by atoms with Crippen molar-refractivity contribution in [2.24, 2.45) is 0 Å². The largest absolute Gasteiger partial charge is 0.411 e. The predicted octanol–water partition coefficient (Wildman–Crippen LogP) is 3.59. The molecule has 0 aliphatic carbocycles. The van der Waals surface area contributed by atoms with Crippen LogP contribution in [0.2, 0.25) is 0 Å². The van der Waals surface area contributed by atoms with Crippen molar-refractivity contribution >= 4 is 55.1 Å². The van der Waals surface area contributed by atoms with Crippen LogP contribution in [0, 0.1) is 10.1 Å². The number of carbonyl (C=O) groups excluding carboxylic acids is 1. The fourth-order valence-corrected chi connectivity index (χ4v) is 3.31. The SMILES string of the molecule is O=C(CSc1nnc(-c2cccc(Br)c2)o1)Nc1ncc([N+](=O)[O-])s1. The Morgan fingerprint density at radius 2 is 2.28 bits per heavy atom. The molecule has 3 rings (SSSR count). The van der Waals surface area contributed by atoms with Gasteiger partial charge in [0, 0.05) is 10.0 Å². The maximum atomic E-state index is 11.9. The van der Waals surface area contributed by atoms with Crippen molar-refractivity contribution < 1.29 is 14.1 Å². The highest BCUT2D eigenvalue weighted by molar-refractivity contribution is 9.10. The number of nitrogens with one attached hydrogen (secondary N) is 1. The minimum absolute atomic E-state index is 0.00744. The van der Waals surface area contributed by atoms with Crippen molar-refractivity contribution in [3.8, 4) is 11.5 Å². The molecule has 0 radical (unpaired) electrons. The number of thiazole rings is 1. The molecule has 0 saturated carbocycles. The number of aromatic nitrogens is 3. The van der Waals surface area contributed by atoms with Crippen molar-refractivity contribution in [3.05, 3.63) is 45.0 Å². The first-order chi connectivity index (χ1) is 12.0. The Hall–Kier alpha value is -2.31. The van der Waals surface area contributed by atoms with Gasteiger partial charge in [-0.1, -0.05) is 33.8 Å². The fourth-order valence-electron chi connectivity index (χ4n) is 1.70. The number of hydrogen-bond acceptors (Lipinski definition) is 9. The van der Waals surface area contributed by atoms with Crippen molar-refractivity contribution in [2.45, 2.75) is 5.22 Å². The lowest BCUT2D eigenvalue weighted by molar-refractivity contribution is -0.380. The van der Waals surface area contributed by atoms with E-state index in [9.17, 15) is 14.9 Å². The number of rotatable bonds is 6. The molecule has 128 valence electrons. The van der Waals surface area contributed by atoms with E-state index in [4.69, 9.17) is 4.42 Å². The summed E-state index contributed by atoms with van der Waals surface area (Å²) >= 11 is 5.21. The van der Waals surface area contributed by atoms with Gasteiger partial charge in [0.2, 0.25) is 11.8 Å². The molecule has 3 aromatic rings. The Morgan fingerprint density at radius 3 is 3.00 bits per heavy atom. The first kappa shape index (κ1) is 17.5. The Morgan fingerprint density at radius 1 is 1.44 bits per heavy atom. The van der Waals surface area contributed by atoms with Gasteiger partial charge in [0.25, 0.3) is 5.22 Å². The number of nitro groups is 1. The Labute approximate surface area is 157 Å². The summed E-state index contributed by atoms with van der Waals surface area (Å²) < 4.78 is 6.38. The molecule has 0 bridgehead atoms. The van der Waals surface area contributed by atoms with E-state index in [-0.39, 0.29) is 27.0 Å². The van der Waals surface area contributed by atoms with Gasteiger partial charge in [-0.15, -0.1) is 10.2 Å². The van der Waals surface area contributed by atoms with Gasteiger partial charge in [-0.25, -0.2) is 4.98 Å². The summed E-state index contributed by atoms with van der Waals surface area (Å²) in [6.07, 6.45) is 1.09. The van der Waals surface area contributed by atoms with Crippen molar-refractivity contribution in [1.82, 2.24) is 15.2 Å². The summed E-state index contributed by atoms with van der Waals surface area (Å²) in [5, 5.41) is 21.1. The summed E-state index contributed by atoms with van der Waals surface area (Å²) in [5.74, 6) is -0.0239. The maximum Gasteiger partial charge on any atom is 0.345 e. The standard InChI is InChI=1S/C13H8BrN5O4S2/c14-8-3-1-2-7(4-8)11-17-18-13(23-11)24-6-9(20)16-12-15-5-10(25-12)19(21)22/h1-5H,6H2,(H,15,16,20). The number of amides is 1. The molecule has 0 unspecified atom stereocenters. The highest BCUT2D eigenvalue weighted by Crippen LogP contribution is 2.27. The first-order valence-corrected chi connectivity index (χ1v) is 9.23. The van der Waals surface area contributed by atoms with E-state index < -0.39 is 4.92 Å². The number of anilines is 1. The third kappa shape index (κ3) is 4.61. The molecule has 1 amide bonds. The quantitative estimate of drug-likeness (QED) is 0.349. The molecule has 0 spiro atoms. The summed E-state index contributed by atoms with van der Waals surface area (Å²) in [6.45, 7) is 0. The minimum atomic E-state index is -0.566. The second kappa shape index (κ2) is 7.72. The topological polar surface area (TPSA) is 124 Å². The molecule has 0 saturated heterocycles. The van der Waals surface area contributed by atoms with Crippen molar-refractivity contribution in [3.63, 3.8) is 0 Å². The zero-order valence-electron chi connectivity index (χ0n) is 12.2. The smallest absolute Gasteiger partial charge is 0.345 e. The Bertz CT molecular complexity index is 929. The van der Waals surface area contributed by atoms with Crippen molar-refractivity contribution in [1.29, 1.82) is 0 Å². The maximum absolute atomic E-state index is 11.9. The van der Waals surface area contributed by atoms with E-state index >= 15 is 0 Å². The lowest BCUT2D eigenvalue weighted by Crippen LogP contribution is -2.13. The van der Waals surface area contributed by atoms with E-state index in [0.717, 1.165) is 39.3 Å². The zero-order valence-corrected chi connectivity index (χ0v) is 15.4. The van der Waals surface area contributed by atoms with Crippen LogP contribution in [0.3, 0.4) is 0 Å². The number of benzene rings is 1. The van der Waals surface area contributed by atoms with Gasteiger partial charge in [-0.2, -0.15) is 0 Å². The van der Waals surface area contributed by atoms with Crippen LogP contribution in [0.1, 0.15) is 0 Å². The van der Waals surface area contributed by atoms with Crippen LogP contribution < -0.4 is 5.32 Å². The van der Waals surface area contributed by atoms with Crippen LogP contribution in [-0.2, 0) is 4.79 Å². The highest BCUT2D eigenvalue weighted by Gasteiger charge is 2.15. The van der Waals surface area contributed by atoms with Gasteiger partial charge in [0.05, 0.1) is 10.7 Å². The molecule has 25 heavy (non-hydrogen) atoms. The summed E-state index contributed by atoms with van der Waals surface area (Å²) in [5.41, 5.74) is 0.758. The minimum Gasteiger partial charge on any atom is -0.411 e. The molecule has 0 fully saturated rings. The van der Waals surface area contributed by atoms with Gasteiger partial charge >= 0.3 is 5.00 Å². The highest BCUT2D eigenvalue weighted by atomic mass is 79.9. The van der Waals surface area contributed by atoms with E-state index in [0.29, 0.717) is 5.89 Å². The molecule has 2 heterocycles. The number of hydrogen-bond donors (Lipinski definition) is 1. The number of carbonyl (C=O) groups is 1. The fraction of sp³-hybridized carbons (Fsp3) is 0.0769. The van der Waals surface area contributed by atoms with E-state index in [1.165, 1.54) is 0 Å². The van der Waals surface area contributed by atoms with E-state index in [2.05, 4.69) is 36.4 Å². The number of thioether (sulfide) groups is 1. The van der Waals surface area contributed by atoms with Crippen LogP contribution in [-0.4, -0.2) is 31.8 Å². The van der Waals surface area contributed by atoms with Gasteiger partial charge in [0.15, 0.2) is 5.13 Å². The summed E-state index contributed by atoms with van der Waals surface area (Å²) in [7, 11) is 0. The van der Waals surface area contributed by atoms with Gasteiger partial charge in [0.1, 0.15) is 6.20 Å². The van der Waals surface area contributed by atoms with Crippen LogP contribution in [0.15, 0.2) is 44.6 Å². The molecule has 0 aliphatic heterocycles. The average molecular weight is 442 g/mol. The average Bonchev–Trinajstić information content (AvgIpc) is 3.22.